The van der Waals surface area contributed by atoms with Crippen LogP contribution in [0.3, 0.4) is 0 Å². The third kappa shape index (κ3) is 5.91. The lowest BCUT2D eigenvalue weighted by Crippen LogP contribution is -2.35. The summed E-state index contributed by atoms with van der Waals surface area (Å²) in [5.74, 6) is -2.27. The van der Waals surface area contributed by atoms with Gasteiger partial charge in [-0.25, -0.2) is 0 Å². The first-order chi connectivity index (χ1) is 13.1. The van der Waals surface area contributed by atoms with Crippen molar-refractivity contribution < 1.29 is 27.6 Å². The van der Waals surface area contributed by atoms with Crippen molar-refractivity contribution >= 4 is 23.2 Å². The Balaban J connectivity index is 1.95. The van der Waals surface area contributed by atoms with Crippen LogP contribution in [0.15, 0.2) is 36.0 Å². The van der Waals surface area contributed by atoms with E-state index in [1.54, 1.807) is 0 Å². The number of hydrogen-bond acceptors (Lipinski definition) is 5. The van der Waals surface area contributed by atoms with Gasteiger partial charge in [-0.2, -0.15) is 13.2 Å². The molecule has 0 aliphatic heterocycles. The Morgan fingerprint density at radius 3 is 2.21 bits per heavy atom. The van der Waals surface area contributed by atoms with Crippen LogP contribution in [-0.4, -0.2) is 49.6 Å². The summed E-state index contributed by atoms with van der Waals surface area (Å²) < 4.78 is 37.7. The van der Waals surface area contributed by atoms with E-state index in [0.717, 1.165) is 30.8 Å². The van der Waals surface area contributed by atoms with Crippen molar-refractivity contribution in [3.63, 3.8) is 0 Å². The molecule has 9 heteroatoms. The van der Waals surface area contributed by atoms with Gasteiger partial charge in [-0.15, -0.1) is 0 Å². The number of amides is 1. The van der Waals surface area contributed by atoms with Crippen LogP contribution in [0, 0.1) is 5.92 Å². The van der Waals surface area contributed by atoms with Gasteiger partial charge in [-0.3, -0.25) is 14.4 Å². The lowest BCUT2D eigenvalue weighted by Gasteiger charge is -2.21. The van der Waals surface area contributed by atoms with Crippen molar-refractivity contribution in [1.82, 2.24) is 10.2 Å². The molecule has 152 valence electrons. The molecule has 0 heterocycles. The molecule has 0 atom stereocenters. The number of halogens is 3. The summed E-state index contributed by atoms with van der Waals surface area (Å²) >= 11 is 0. The number of alkyl halides is 3. The van der Waals surface area contributed by atoms with Crippen molar-refractivity contribution in [2.75, 3.05) is 32.5 Å². The molecule has 1 saturated carbocycles. The van der Waals surface area contributed by atoms with Gasteiger partial charge in [0.15, 0.2) is 11.6 Å². The first kappa shape index (κ1) is 21.6. The molecule has 1 fully saturated rings. The van der Waals surface area contributed by atoms with Crippen molar-refractivity contribution in [1.29, 1.82) is 0 Å². The number of hydrogen-bond donors (Lipinski definition) is 2. The van der Waals surface area contributed by atoms with Crippen LogP contribution >= 0.6 is 0 Å². The number of likely N-dealkylation sites (N-methyl/N-ethyl adjacent to an activating group) is 1. The monoisotopic (exact) mass is 397 g/mol. The van der Waals surface area contributed by atoms with E-state index in [0.29, 0.717) is 6.54 Å². The van der Waals surface area contributed by atoms with Crippen LogP contribution in [0.5, 0.6) is 0 Å². The number of benzene rings is 1. The zero-order valence-electron chi connectivity index (χ0n) is 15.6. The zero-order chi connectivity index (χ0) is 20.9. The Hall–Kier alpha value is -2.68. The molecule has 2 rings (SSSR count). The summed E-state index contributed by atoms with van der Waals surface area (Å²) in [6.07, 6.45) is -3.33. The van der Waals surface area contributed by atoms with Crippen molar-refractivity contribution in [3.05, 3.63) is 41.6 Å². The molecular formula is C19H22F3N3O3. The molecule has 0 bridgehead atoms. The van der Waals surface area contributed by atoms with Gasteiger partial charge >= 0.3 is 6.18 Å². The van der Waals surface area contributed by atoms with Gasteiger partial charge in [0.05, 0.1) is 17.1 Å². The number of Topliss-reactive ketones (excluding diaryl/α,β-unsaturated/α-hetero) is 2. The van der Waals surface area contributed by atoms with Gasteiger partial charge in [-0.05, 0) is 38.4 Å². The number of nitrogens with one attached hydrogen (secondary N) is 2. The van der Waals surface area contributed by atoms with Gasteiger partial charge in [0, 0.05) is 37.8 Å². The molecule has 0 saturated heterocycles. The van der Waals surface area contributed by atoms with E-state index in [1.807, 2.05) is 19.0 Å². The molecule has 0 radical (unpaired) electrons. The molecule has 2 N–H and O–H groups in total. The SMILES string of the molecule is CN(C)CCNC=C1C(=O)CC(C(=O)Nc2ccc(C(F)(F)F)cc2)CC1=O. The highest BCUT2D eigenvalue weighted by molar-refractivity contribution is 6.23. The van der Waals surface area contributed by atoms with Crippen LogP contribution in [-0.2, 0) is 20.6 Å². The van der Waals surface area contributed by atoms with E-state index in [1.165, 1.54) is 6.20 Å². The van der Waals surface area contributed by atoms with Gasteiger partial charge in [0.25, 0.3) is 0 Å². The second kappa shape index (κ2) is 9.01. The maximum Gasteiger partial charge on any atom is 0.416 e. The van der Waals surface area contributed by atoms with E-state index in [9.17, 15) is 27.6 Å². The Morgan fingerprint density at radius 1 is 1.14 bits per heavy atom. The minimum absolute atomic E-state index is 0.0392. The maximum atomic E-state index is 12.6. The molecule has 0 aromatic heterocycles. The van der Waals surface area contributed by atoms with Gasteiger partial charge in [0.1, 0.15) is 0 Å². The fourth-order valence-electron chi connectivity index (χ4n) is 2.69. The van der Waals surface area contributed by atoms with Crippen molar-refractivity contribution in [2.45, 2.75) is 19.0 Å². The van der Waals surface area contributed by atoms with Crippen molar-refractivity contribution in [3.8, 4) is 0 Å². The molecule has 1 amide bonds. The summed E-state index contributed by atoms with van der Waals surface area (Å²) in [6.45, 7) is 1.29. The van der Waals surface area contributed by atoms with E-state index in [4.69, 9.17) is 0 Å². The number of nitrogens with zero attached hydrogens (tertiary/aromatic N) is 1. The number of ketones is 2. The van der Waals surface area contributed by atoms with Crippen LogP contribution in [0.4, 0.5) is 18.9 Å². The highest BCUT2D eigenvalue weighted by Crippen LogP contribution is 2.30. The van der Waals surface area contributed by atoms with E-state index >= 15 is 0 Å². The first-order valence-corrected chi connectivity index (χ1v) is 8.70. The van der Waals surface area contributed by atoms with Crippen LogP contribution in [0.2, 0.25) is 0 Å². The van der Waals surface area contributed by atoms with Crippen LogP contribution in [0.25, 0.3) is 0 Å². The molecule has 6 nitrogen and oxygen atoms in total. The summed E-state index contributed by atoms with van der Waals surface area (Å²) in [6, 6.07) is 3.97. The maximum absolute atomic E-state index is 12.6. The average Bonchev–Trinajstić information content (AvgIpc) is 2.59. The second-order valence-corrected chi connectivity index (χ2v) is 6.83. The Morgan fingerprint density at radius 2 is 1.71 bits per heavy atom. The van der Waals surface area contributed by atoms with Gasteiger partial charge < -0.3 is 15.5 Å². The van der Waals surface area contributed by atoms with E-state index < -0.39 is 35.1 Å². The number of anilines is 1. The minimum atomic E-state index is -4.46. The molecule has 0 unspecified atom stereocenters. The third-order valence-corrected chi connectivity index (χ3v) is 4.26. The van der Waals surface area contributed by atoms with E-state index in [2.05, 4.69) is 10.6 Å². The largest absolute Gasteiger partial charge is 0.416 e. The number of carbonyl (C=O) groups excluding carboxylic acids is 3. The summed E-state index contributed by atoms with van der Waals surface area (Å²) in [4.78, 5) is 38.7. The highest BCUT2D eigenvalue weighted by atomic mass is 19.4. The number of rotatable bonds is 6. The first-order valence-electron chi connectivity index (χ1n) is 8.70. The molecule has 1 aliphatic rings. The summed E-state index contributed by atoms with van der Waals surface area (Å²) in [5, 5.41) is 5.37. The number of allylic oxidation sites excluding steroid dienone is 1. The lowest BCUT2D eigenvalue weighted by atomic mass is 9.83. The molecule has 1 aromatic rings. The molecular weight excluding hydrogens is 375 g/mol. The summed E-state index contributed by atoms with van der Waals surface area (Å²) in [7, 11) is 3.79. The zero-order valence-corrected chi connectivity index (χ0v) is 15.6. The lowest BCUT2D eigenvalue weighted by molar-refractivity contribution is -0.137. The van der Waals surface area contributed by atoms with Crippen molar-refractivity contribution in [2.24, 2.45) is 5.92 Å². The molecule has 1 aliphatic carbocycles. The Bertz CT molecular complexity index is 751. The highest BCUT2D eigenvalue weighted by Gasteiger charge is 2.35. The topological polar surface area (TPSA) is 78.5 Å². The van der Waals surface area contributed by atoms with Gasteiger partial charge in [-0.1, -0.05) is 0 Å². The fraction of sp³-hybridized carbons (Fsp3) is 0.421. The average molecular weight is 397 g/mol. The Kier molecular flexibility index (Phi) is 6.95. The quantitative estimate of drug-likeness (QED) is 0.437. The van der Waals surface area contributed by atoms with E-state index in [-0.39, 0.29) is 24.1 Å². The van der Waals surface area contributed by atoms with Gasteiger partial charge in [0.2, 0.25) is 5.91 Å². The fourth-order valence-corrected chi connectivity index (χ4v) is 2.69. The smallest absolute Gasteiger partial charge is 0.389 e. The summed E-state index contributed by atoms with van der Waals surface area (Å²) in [5.41, 5.74) is -0.619. The molecule has 0 spiro atoms. The molecule has 1 aromatic carbocycles. The third-order valence-electron chi connectivity index (χ3n) is 4.26. The second-order valence-electron chi connectivity index (χ2n) is 6.83. The van der Waals surface area contributed by atoms with Crippen LogP contribution in [0.1, 0.15) is 18.4 Å². The predicted molar refractivity (Wildman–Crippen MR) is 97.5 cm³/mol. The predicted octanol–water partition coefficient (Wildman–Crippen LogP) is 2.23. The molecule has 28 heavy (non-hydrogen) atoms. The minimum Gasteiger partial charge on any atom is -0.389 e. The Labute approximate surface area is 160 Å². The standard InChI is InChI=1S/C19H22F3N3O3/c1-25(2)8-7-23-11-15-16(26)9-12(10-17(15)27)18(28)24-14-5-3-13(4-6-14)19(20,21)22/h3-6,11-12,23H,7-10H2,1-2H3,(H,24,28). The van der Waals surface area contributed by atoms with Crippen LogP contribution < -0.4 is 10.6 Å². The number of carbonyl (C=O) groups is 3. The normalized spacial score (nSPS) is 17.6.